The van der Waals surface area contributed by atoms with Crippen molar-refractivity contribution >= 4 is 33.6 Å². The molecule has 1 saturated heterocycles. The molecule has 2 N–H and O–H groups in total. The lowest BCUT2D eigenvalue weighted by atomic mass is 10.2. The number of carbonyl (C=O) groups excluding carboxylic acids is 2. The Kier molecular flexibility index (Phi) is 3.71. The lowest BCUT2D eigenvalue weighted by Crippen LogP contribution is -2.42. The molecular formula is C13H12BrNO5. The molecule has 0 saturated carbocycles. The van der Waals surface area contributed by atoms with Gasteiger partial charge in [-0.1, -0.05) is 15.9 Å². The predicted molar refractivity (Wildman–Crippen MR) is 73.8 cm³/mol. The zero-order valence-electron chi connectivity index (χ0n) is 10.8. The van der Waals surface area contributed by atoms with Gasteiger partial charge in [-0.25, -0.2) is 9.59 Å². The van der Waals surface area contributed by atoms with Crippen molar-refractivity contribution in [3.8, 4) is 5.75 Å². The Bertz CT molecular complexity index is 587. The average Bonchev–Trinajstić information content (AvgIpc) is 2.30. The molecule has 0 bridgehead atoms. The molecule has 0 amide bonds. The predicted octanol–water partition coefficient (Wildman–Crippen LogP) is 2.29. The minimum atomic E-state index is -1.27. The largest absolute Gasteiger partial charge is 0.506 e. The molecule has 0 unspecified atom stereocenters. The van der Waals surface area contributed by atoms with Crippen LogP contribution < -0.4 is 5.32 Å². The molecule has 20 heavy (non-hydrogen) atoms. The summed E-state index contributed by atoms with van der Waals surface area (Å²) in [4.78, 5) is 23.4. The van der Waals surface area contributed by atoms with Crippen molar-refractivity contribution in [2.45, 2.75) is 19.6 Å². The van der Waals surface area contributed by atoms with E-state index in [-0.39, 0.29) is 11.3 Å². The zero-order valence-corrected chi connectivity index (χ0v) is 12.4. The Morgan fingerprint density at radius 3 is 2.45 bits per heavy atom. The van der Waals surface area contributed by atoms with Crippen molar-refractivity contribution in [2.24, 2.45) is 0 Å². The third kappa shape index (κ3) is 3.11. The summed E-state index contributed by atoms with van der Waals surface area (Å²) in [5.74, 6) is -2.87. The van der Waals surface area contributed by atoms with Crippen LogP contribution in [-0.2, 0) is 19.1 Å². The molecule has 1 aromatic rings. The first-order valence-electron chi connectivity index (χ1n) is 5.70. The van der Waals surface area contributed by atoms with E-state index in [1.165, 1.54) is 19.9 Å². The highest BCUT2D eigenvalue weighted by molar-refractivity contribution is 9.10. The fourth-order valence-electron chi connectivity index (χ4n) is 1.55. The maximum Gasteiger partial charge on any atom is 0.350 e. The van der Waals surface area contributed by atoms with Gasteiger partial charge < -0.3 is 19.9 Å². The van der Waals surface area contributed by atoms with Gasteiger partial charge in [0.15, 0.2) is 5.57 Å². The summed E-state index contributed by atoms with van der Waals surface area (Å²) in [6.07, 6.45) is 1.14. The fraction of sp³-hybridized carbons (Fsp3) is 0.231. The number of cyclic esters (lactones) is 2. The highest BCUT2D eigenvalue weighted by atomic mass is 79.9. The molecule has 1 aliphatic heterocycles. The van der Waals surface area contributed by atoms with Crippen molar-refractivity contribution < 1.29 is 24.2 Å². The number of hydrogen-bond donors (Lipinski definition) is 2. The van der Waals surface area contributed by atoms with Crippen LogP contribution >= 0.6 is 15.9 Å². The second-order valence-electron chi connectivity index (χ2n) is 4.54. The van der Waals surface area contributed by atoms with Crippen LogP contribution in [0.2, 0.25) is 0 Å². The first kappa shape index (κ1) is 14.4. The minimum absolute atomic E-state index is 0.0251. The lowest BCUT2D eigenvalue weighted by Gasteiger charge is -2.29. The third-order valence-electron chi connectivity index (χ3n) is 2.45. The van der Waals surface area contributed by atoms with Crippen LogP contribution in [0.3, 0.4) is 0 Å². The number of aromatic hydroxyl groups is 1. The Labute approximate surface area is 123 Å². The number of carbonyl (C=O) groups is 2. The first-order chi connectivity index (χ1) is 9.28. The van der Waals surface area contributed by atoms with Crippen LogP contribution in [0.5, 0.6) is 5.75 Å². The highest BCUT2D eigenvalue weighted by Gasteiger charge is 2.38. The van der Waals surface area contributed by atoms with E-state index in [4.69, 9.17) is 9.47 Å². The van der Waals surface area contributed by atoms with E-state index in [0.29, 0.717) is 5.69 Å². The average molecular weight is 342 g/mol. The normalized spacial score (nSPS) is 17.2. The number of rotatable bonds is 2. The number of esters is 2. The molecule has 0 aromatic heterocycles. The molecule has 1 aromatic carbocycles. The summed E-state index contributed by atoms with van der Waals surface area (Å²) in [7, 11) is 0. The van der Waals surface area contributed by atoms with Gasteiger partial charge in [-0.3, -0.25) is 0 Å². The molecule has 6 nitrogen and oxygen atoms in total. The van der Waals surface area contributed by atoms with E-state index in [9.17, 15) is 14.7 Å². The van der Waals surface area contributed by atoms with Gasteiger partial charge >= 0.3 is 11.9 Å². The Morgan fingerprint density at radius 1 is 1.25 bits per heavy atom. The van der Waals surface area contributed by atoms with Crippen molar-refractivity contribution in [3.05, 3.63) is 34.4 Å². The van der Waals surface area contributed by atoms with Crippen LogP contribution in [0.1, 0.15) is 13.8 Å². The van der Waals surface area contributed by atoms with E-state index >= 15 is 0 Å². The summed E-state index contributed by atoms with van der Waals surface area (Å²) >= 11 is 3.25. The van der Waals surface area contributed by atoms with Crippen molar-refractivity contribution in [1.29, 1.82) is 0 Å². The molecule has 1 heterocycles. The number of ether oxygens (including phenoxy) is 2. The maximum atomic E-state index is 11.7. The van der Waals surface area contributed by atoms with Gasteiger partial charge in [0.05, 0.1) is 5.69 Å². The van der Waals surface area contributed by atoms with E-state index < -0.39 is 17.7 Å². The van der Waals surface area contributed by atoms with E-state index in [2.05, 4.69) is 21.2 Å². The van der Waals surface area contributed by atoms with Crippen molar-refractivity contribution in [1.82, 2.24) is 0 Å². The Hall–Kier alpha value is -2.02. The molecule has 0 atom stereocenters. The maximum absolute atomic E-state index is 11.7. The fourth-order valence-corrected chi connectivity index (χ4v) is 1.91. The number of hydrogen-bond acceptors (Lipinski definition) is 6. The van der Waals surface area contributed by atoms with Gasteiger partial charge in [0.25, 0.3) is 5.79 Å². The van der Waals surface area contributed by atoms with E-state index in [0.717, 1.165) is 10.7 Å². The number of benzene rings is 1. The Balaban J connectivity index is 2.21. The van der Waals surface area contributed by atoms with Gasteiger partial charge in [-0.15, -0.1) is 0 Å². The topological polar surface area (TPSA) is 84.9 Å². The van der Waals surface area contributed by atoms with Gasteiger partial charge in [0, 0.05) is 24.5 Å². The second kappa shape index (κ2) is 5.16. The van der Waals surface area contributed by atoms with E-state index in [1.807, 2.05) is 0 Å². The first-order valence-corrected chi connectivity index (χ1v) is 6.50. The van der Waals surface area contributed by atoms with Crippen LogP contribution in [-0.4, -0.2) is 22.8 Å². The number of nitrogens with one attached hydrogen (secondary N) is 1. The monoisotopic (exact) mass is 341 g/mol. The molecule has 2 rings (SSSR count). The molecular weight excluding hydrogens is 330 g/mol. The minimum Gasteiger partial charge on any atom is -0.506 e. The Morgan fingerprint density at radius 2 is 1.85 bits per heavy atom. The number of phenolic OH excluding ortho intramolecular Hbond substituents is 1. The third-order valence-corrected chi connectivity index (χ3v) is 2.94. The summed E-state index contributed by atoms with van der Waals surface area (Å²) in [5, 5.41) is 12.3. The van der Waals surface area contributed by atoms with Gasteiger partial charge in [-0.05, 0) is 18.2 Å². The highest BCUT2D eigenvalue weighted by Crippen LogP contribution is 2.28. The molecule has 7 heteroatoms. The van der Waals surface area contributed by atoms with Crippen molar-refractivity contribution in [3.63, 3.8) is 0 Å². The van der Waals surface area contributed by atoms with E-state index in [1.54, 1.807) is 12.1 Å². The summed E-state index contributed by atoms with van der Waals surface area (Å²) in [6, 6.07) is 4.71. The van der Waals surface area contributed by atoms with Crippen molar-refractivity contribution in [2.75, 3.05) is 5.32 Å². The molecule has 0 spiro atoms. The zero-order chi connectivity index (χ0) is 14.9. The van der Waals surface area contributed by atoms with Crippen LogP contribution in [0, 0.1) is 0 Å². The molecule has 1 aliphatic rings. The summed E-state index contributed by atoms with van der Waals surface area (Å²) in [5.41, 5.74) is 0.0565. The van der Waals surface area contributed by atoms with Crippen LogP contribution in [0.25, 0.3) is 0 Å². The molecule has 106 valence electrons. The van der Waals surface area contributed by atoms with Gasteiger partial charge in [-0.2, -0.15) is 0 Å². The second-order valence-corrected chi connectivity index (χ2v) is 5.46. The van der Waals surface area contributed by atoms with Gasteiger partial charge in [0.2, 0.25) is 0 Å². The lowest BCUT2D eigenvalue weighted by molar-refractivity contribution is -0.222. The van der Waals surface area contributed by atoms with Crippen LogP contribution in [0.15, 0.2) is 34.4 Å². The standard InChI is InChI=1S/C13H12BrNO5/c1-13(2)19-11(17)8(12(18)20-13)6-15-9-5-7(14)3-4-10(9)16/h3-6,15-16H,1-2H3. The number of anilines is 1. The molecule has 0 radical (unpaired) electrons. The quantitative estimate of drug-likeness (QED) is 0.371. The number of halogens is 1. The van der Waals surface area contributed by atoms with Gasteiger partial charge in [0.1, 0.15) is 5.75 Å². The number of phenols is 1. The SMILES string of the molecule is CC1(C)OC(=O)C(=CNc2cc(Br)ccc2O)C(=O)O1. The van der Waals surface area contributed by atoms with Crippen LogP contribution in [0.4, 0.5) is 5.69 Å². The summed E-state index contributed by atoms with van der Waals surface area (Å²) in [6.45, 7) is 2.93. The molecule has 0 aliphatic carbocycles. The molecule has 1 fully saturated rings. The summed E-state index contributed by atoms with van der Waals surface area (Å²) < 4.78 is 10.6. The smallest absolute Gasteiger partial charge is 0.350 e.